The molecule has 2 rings (SSSR count). The number of fused-ring (bicyclic) bond motifs is 1. The quantitative estimate of drug-likeness (QED) is 0.752. The third-order valence-electron chi connectivity index (χ3n) is 2.86. The highest BCUT2D eigenvalue weighted by molar-refractivity contribution is 9.10. The number of hydrogen-bond donors (Lipinski definition) is 0. The molecule has 0 bridgehead atoms. The van der Waals surface area contributed by atoms with E-state index in [-0.39, 0.29) is 5.41 Å². The van der Waals surface area contributed by atoms with Crippen molar-refractivity contribution in [2.24, 2.45) is 5.41 Å². The number of oxazole rings is 1. The molecule has 0 saturated heterocycles. The van der Waals surface area contributed by atoms with Gasteiger partial charge in [-0.2, -0.15) is 0 Å². The maximum atomic E-state index is 5.85. The van der Waals surface area contributed by atoms with Gasteiger partial charge in [-0.15, -0.1) is 0 Å². The van der Waals surface area contributed by atoms with E-state index in [1.165, 1.54) is 5.56 Å². The molecule has 1 aromatic heterocycles. The molecule has 3 heteroatoms. The van der Waals surface area contributed by atoms with Gasteiger partial charge >= 0.3 is 0 Å². The van der Waals surface area contributed by atoms with Crippen molar-refractivity contribution < 1.29 is 4.42 Å². The summed E-state index contributed by atoms with van der Waals surface area (Å²) in [5.41, 5.74) is 3.28. The van der Waals surface area contributed by atoms with E-state index >= 15 is 0 Å². The van der Waals surface area contributed by atoms with Gasteiger partial charge in [-0.05, 0) is 45.0 Å². The summed E-state index contributed by atoms with van der Waals surface area (Å²) in [5.74, 6) is 1.31. The van der Waals surface area contributed by atoms with E-state index < -0.39 is 0 Å². The third kappa shape index (κ3) is 2.94. The summed E-state index contributed by atoms with van der Waals surface area (Å²) in [4.78, 5) is 4.61. The molecule has 1 aromatic carbocycles. The first kappa shape index (κ1) is 13.6. The van der Waals surface area contributed by atoms with Crippen LogP contribution in [0.15, 0.2) is 21.0 Å². The molecule has 18 heavy (non-hydrogen) atoms. The standard InChI is InChI=1S/C15H20BrNO/c1-9(2)10-6-11(16)14-12(7-10)17-13(18-14)8-15(3,4)5/h6-7,9H,8H2,1-5H3. The second-order valence-corrected chi connectivity index (χ2v) is 7.21. The summed E-state index contributed by atoms with van der Waals surface area (Å²) < 4.78 is 6.85. The fourth-order valence-electron chi connectivity index (χ4n) is 1.92. The lowest BCUT2D eigenvalue weighted by Gasteiger charge is -2.14. The van der Waals surface area contributed by atoms with Gasteiger partial charge in [0.15, 0.2) is 11.5 Å². The molecule has 0 fully saturated rings. The summed E-state index contributed by atoms with van der Waals surface area (Å²) in [7, 11) is 0. The van der Waals surface area contributed by atoms with Crippen molar-refractivity contribution in [2.75, 3.05) is 0 Å². The number of hydrogen-bond acceptors (Lipinski definition) is 2. The van der Waals surface area contributed by atoms with Gasteiger partial charge in [-0.1, -0.05) is 34.6 Å². The Labute approximate surface area is 117 Å². The first-order valence-corrected chi connectivity index (χ1v) is 7.14. The zero-order chi connectivity index (χ0) is 13.5. The van der Waals surface area contributed by atoms with Crippen LogP contribution in [0.25, 0.3) is 11.1 Å². The average Bonchev–Trinajstić information content (AvgIpc) is 2.57. The van der Waals surface area contributed by atoms with E-state index in [0.29, 0.717) is 5.92 Å². The molecule has 2 aromatic rings. The van der Waals surface area contributed by atoms with Gasteiger partial charge in [0.1, 0.15) is 5.52 Å². The van der Waals surface area contributed by atoms with Gasteiger partial charge in [-0.3, -0.25) is 0 Å². The molecule has 1 heterocycles. The van der Waals surface area contributed by atoms with E-state index in [1.807, 2.05) is 0 Å². The Morgan fingerprint density at radius 3 is 2.50 bits per heavy atom. The van der Waals surface area contributed by atoms with Crippen molar-refractivity contribution in [3.8, 4) is 0 Å². The van der Waals surface area contributed by atoms with Crippen LogP contribution >= 0.6 is 15.9 Å². The Kier molecular flexibility index (Phi) is 3.54. The van der Waals surface area contributed by atoms with Crippen molar-refractivity contribution in [1.29, 1.82) is 0 Å². The van der Waals surface area contributed by atoms with Crippen molar-refractivity contribution in [3.05, 3.63) is 28.1 Å². The lowest BCUT2D eigenvalue weighted by molar-refractivity contribution is 0.361. The number of aromatic nitrogens is 1. The topological polar surface area (TPSA) is 26.0 Å². The fraction of sp³-hybridized carbons (Fsp3) is 0.533. The summed E-state index contributed by atoms with van der Waals surface area (Å²) in [6, 6.07) is 4.25. The molecule has 0 amide bonds. The van der Waals surface area contributed by atoms with Crippen LogP contribution in [0.2, 0.25) is 0 Å². The highest BCUT2D eigenvalue weighted by atomic mass is 79.9. The summed E-state index contributed by atoms with van der Waals surface area (Å²) in [6.45, 7) is 10.9. The Hall–Kier alpha value is -0.830. The van der Waals surface area contributed by atoms with Crippen molar-refractivity contribution >= 4 is 27.0 Å². The Morgan fingerprint density at radius 1 is 1.28 bits per heavy atom. The van der Waals surface area contributed by atoms with Crippen LogP contribution in [-0.2, 0) is 6.42 Å². The van der Waals surface area contributed by atoms with Gasteiger partial charge in [0, 0.05) is 6.42 Å². The fourth-order valence-corrected chi connectivity index (χ4v) is 2.47. The van der Waals surface area contributed by atoms with Gasteiger partial charge in [0.25, 0.3) is 0 Å². The van der Waals surface area contributed by atoms with Crippen LogP contribution in [0.1, 0.15) is 52.0 Å². The minimum Gasteiger partial charge on any atom is -0.439 e. The first-order chi connectivity index (χ1) is 8.26. The van der Waals surface area contributed by atoms with Crippen molar-refractivity contribution in [1.82, 2.24) is 4.98 Å². The predicted molar refractivity (Wildman–Crippen MR) is 79.0 cm³/mol. The van der Waals surface area contributed by atoms with Gasteiger partial charge in [0.05, 0.1) is 4.47 Å². The maximum Gasteiger partial charge on any atom is 0.196 e. The van der Waals surface area contributed by atoms with E-state index in [1.54, 1.807) is 0 Å². The van der Waals surface area contributed by atoms with E-state index in [0.717, 1.165) is 27.9 Å². The molecule has 2 nitrogen and oxygen atoms in total. The maximum absolute atomic E-state index is 5.85. The van der Waals surface area contributed by atoms with E-state index in [9.17, 15) is 0 Å². The molecule has 0 aliphatic heterocycles. The Bertz CT molecular complexity index is 564. The largest absolute Gasteiger partial charge is 0.439 e. The second kappa shape index (κ2) is 4.69. The molecule has 0 unspecified atom stereocenters. The molecule has 0 aliphatic rings. The number of nitrogens with zero attached hydrogens (tertiary/aromatic N) is 1. The predicted octanol–water partition coefficient (Wildman–Crippen LogP) is 5.30. The molecule has 0 spiro atoms. The number of halogens is 1. The monoisotopic (exact) mass is 309 g/mol. The lowest BCUT2D eigenvalue weighted by Crippen LogP contribution is -2.09. The Morgan fingerprint density at radius 2 is 1.94 bits per heavy atom. The van der Waals surface area contributed by atoms with Crippen molar-refractivity contribution in [3.63, 3.8) is 0 Å². The summed E-state index contributed by atoms with van der Waals surface area (Å²) in [5, 5.41) is 0. The third-order valence-corrected chi connectivity index (χ3v) is 3.45. The normalized spacial score (nSPS) is 12.6. The lowest BCUT2D eigenvalue weighted by atomic mass is 9.92. The molecule has 0 atom stereocenters. The van der Waals surface area contributed by atoms with Crippen molar-refractivity contribution in [2.45, 2.75) is 47.0 Å². The van der Waals surface area contributed by atoms with Crippen LogP contribution in [-0.4, -0.2) is 4.98 Å². The first-order valence-electron chi connectivity index (χ1n) is 6.35. The summed E-state index contributed by atoms with van der Waals surface area (Å²) in [6.07, 6.45) is 0.852. The highest BCUT2D eigenvalue weighted by Gasteiger charge is 2.17. The zero-order valence-corrected chi connectivity index (χ0v) is 13.3. The van der Waals surface area contributed by atoms with Crippen LogP contribution in [0, 0.1) is 5.41 Å². The van der Waals surface area contributed by atoms with E-state index in [2.05, 4.69) is 67.7 Å². The minimum absolute atomic E-state index is 0.189. The minimum atomic E-state index is 0.189. The van der Waals surface area contributed by atoms with Crippen LogP contribution in [0.5, 0.6) is 0 Å². The smallest absolute Gasteiger partial charge is 0.196 e. The molecular weight excluding hydrogens is 290 g/mol. The van der Waals surface area contributed by atoms with Gasteiger partial charge < -0.3 is 4.42 Å². The van der Waals surface area contributed by atoms with Gasteiger partial charge in [-0.25, -0.2) is 4.98 Å². The van der Waals surface area contributed by atoms with Crippen LogP contribution in [0.4, 0.5) is 0 Å². The number of rotatable bonds is 2. The average molecular weight is 310 g/mol. The number of benzene rings is 1. The van der Waals surface area contributed by atoms with Gasteiger partial charge in [0.2, 0.25) is 0 Å². The molecule has 0 aliphatic carbocycles. The van der Waals surface area contributed by atoms with E-state index in [4.69, 9.17) is 4.42 Å². The zero-order valence-electron chi connectivity index (χ0n) is 11.7. The molecule has 0 saturated carbocycles. The summed E-state index contributed by atoms with van der Waals surface area (Å²) >= 11 is 3.58. The highest BCUT2D eigenvalue weighted by Crippen LogP contribution is 2.31. The molecule has 0 radical (unpaired) electrons. The SMILES string of the molecule is CC(C)c1cc(Br)c2oc(CC(C)(C)C)nc2c1. The van der Waals surface area contributed by atoms with Crippen LogP contribution < -0.4 is 0 Å². The second-order valence-electron chi connectivity index (χ2n) is 6.35. The molecular formula is C15H20BrNO. The molecule has 0 N–H and O–H groups in total. The van der Waals surface area contributed by atoms with Crippen LogP contribution in [0.3, 0.4) is 0 Å². The molecule has 98 valence electrons. The Balaban J connectivity index is 2.48.